The van der Waals surface area contributed by atoms with Gasteiger partial charge in [0.05, 0.1) is 0 Å². The molecule has 1 heterocycles. The average molecular weight is 184 g/mol. The van der Waals surface area contributed by atoms with Crippen molar-refractivity contribution in [3.05, 3.63) is 0 Å². The van der Waals surface area contributed by atoms with Gasteiger partial charge in [0.1, 0.15) is 0 Å². The molecule has 13 heavy (non-hydrogen) atoms. The van der Waals surface area contributed by atoms with E-state index >= 15 is 0 Å². The Morgan fingerprint density at radius 1 is 1.46 bits per heavy atom. The van der Waals surface area contributed by atoms with Crippen LogP contribution >= 0.6 is 0 Å². The van der Waals surface area contributed by atoms with Crippen molar-refractivity contribution in [1.29, 1.82) is 0 Å². The summed E-state index contributed by atoms with van der Waals surface area (Å²) in [6.07, 6.45) is 2.63. The van der Waals surface area contributed by atoms with Crippen LogP contribution in [0.4, 0.5) is 0 Å². The van der Waals surface area contributed by atoms with Crippen LogP contribution in [-0.4, -0.2) is 36.1 Å². The lowest BCUT2D eigenvalue weighted by molar-refractivity contribution is 0.104. The summed E-state index contributed by atoms with van der Waals surface area (Å²) in [5.41, 5.74) is 0. The maximum absolute atomic E-state index is 3.55. The van der Waals surface area contributed by atoms with Crippen LogP contribution in [0.2, 0.25) is 0 Å². The molecule has 1 N–H and O–H groups in total. The molecule has 1 rings (SSSR count). The summed E-state index contributed by atoms with van der Waals surface area (Å²) >= 11 is 0. The Bertz CT molecular complexity index is 145. The standard InChI is InChI=1S/C11H24N2/c1-5-12-11-6-7-13(9(2)3)10(4)8-11/h9-12H,5-8H2,1-4H3. The molecule has 2 unspecified atom stereocenters. The van der Waals surface area contributed by atoms with Crippen molar-refractivity contribution in [2.75, 3.05) is 13.1 Å². The number of rotatable bonds is 3. The van der Waals surface area contributed by atoms with Gasteiger partial charge >= 0.3 is 0 Å². The maximum Gasteiger partial charge on any atom is 0.00939 e. The summed E-state index contributed by atoms with van der Waals surface area (Å²) in [7, 11) is 0. The van der Waals surface area contributed by atoms with Crippen LogP contribution in [0.25, 0.3) is 0 Å². The van der Waals surface area contributed by atoms with E-state index in [9.17, 15) is 0 Å². The van der Waals surface area contributed by atoms with Gasteiger partial charge in [-0.2, -0.15) is 0 Å². The van der Waals surface area contributed by atoms with Gasteiger partial charge in [0.2, 0.25) is 0 Å². The van der Waals surface area contributed by atoms with Crippen molar-refractivity contribution >= 4 is 0 Å². The highest BCUT2D eigenvalue weighted by Crippen LogP contribution is 2.19. The fourth-order valence-corrected chi connectivity index (χ4v) is 2.43. The zero-order valence-corrected chi connectivity index (χ0v) is 9.51. The van der Waals surface area contributed by atoms with Gasteiger partial charge < -0.3 is 5.32 Å². The zero-order chi connectivity index (χ0) is 9.84. The van der Waals surface area contributed by atoms with E-state index in [1.807, 2.05) is 0 Å². The van der Waals surface area contributed by atoms with Crippen molar-refractivity contribution in [3.8, 4) is 0 Å². The van der Waals surface area contributed by atoms with Gasteiger partial charge in [-0.25, -0.2) is 0 Å². The number of piperidine rings is 1. The molecule has 0 aliphatic carbocycles. The van der Waals surface area contributed by atoms with Crippen LogP contribution in [0.1, 0.15) is 40.5 Å². The van der Waals surface area contributed by atoms with Crippen molar-refractivity contribution in [1.82, 2.24) is 10.2 Å². The van der Waals surface area contributed by atoms with Crippen molar-refractivity contribution in [3.63, 3.8) is 0 Å². The predicted molar refractivity (Wildman–Crippen MR) is 58.0 cm³/mol. The van der Waals surface area contributed by atoms with E-state index in [-0.39, 0.29) is 0 Å². The molecule has 2 heteroatoms. The van der Waals surface area contributed by atoms with E-state index in [0.717, 1.165) is 18.6 Å². The number of hydrogen-bond donors (Lipinski definition) is 1. The van der Waals surface area contributed by atoms with E-state index in [2.05, 4.69) is 37.9 Å². The molecule has 0 spiro atoms. The van der Waals surface area contributed by atoms with Crippen molar-refractivity contribution in [2.24, 2.45) is 0 Å². The van der Waals surface area contributed by atoms with E-state index in [0.29, 0.717) is 6.04 Å². The molecular formula is C11H24N2. The third kappa shape index (κ3) is 2.96. The Kier molecular flexibility index (Phi) is 4.20. The third-order valence-electron chi connectivity index (χ3n) is 3.08. The first kappa shape index (κ1) is 11.0. The summed E-state index contributed by atoms with van der Waals surface area (Å²) in [5.74, 6) is 0. The summed E-state index contributed by atoms with van der Waals surface area (Å²) in [4.78, 5) is 2.60. The van der Waals surface area contributed by atoms with Gasteiger partial charge in [0.15, 0.2) is 0 Å². The largest absolute Gasteiger partial charge is 0.314 e. The van der Waals surface area contributed by atoms with Gasteiger partial charge in [-0.15, -0.1) is 0 Å². The highest BCUT2D eigenvalue weighted by molar-refractivity contribution is 4.84. The lowest BCUT2D eigenvalue weighted by Crippen LogP contribution is -2.49. The number of nitrogens with one attached hydrogen (secondary N) is 1. The summed E-state index contributed by atoms with van der Waals surface area (Å²) in [6, 6.07) is 2.21. The minimum Gasteiger partial charge on any atom is -0.314 e. The van der Waals surface area contributed by atoms with Crippen molar-refractivity contribution in [2.45, 2.75) is 58.7 Å². The van der Waals surface area contributed by atoms with E-state index in [1.165, 1.54) is 19.4 Å². The Labute approximate surface area is 82.7 Å². The predicted octanol–water partition coefficient (Wildman–Crippen LogP) is 1.86. The van der Waals surface area contributed by atoms with Crippen LogP contribution in [0.5, 0.6) is 0 Å². The lowest BCUT2D eigenvalue weighted by atomic mass is 9.97. The Balaban J connectivity index is 2.37. The lowest BCUT2D eigenvalue weighted by Gasteiger charge is -2.40. The second-order valence-corrected chi connectivity index (χ2v) is 4.46. The molecule has 1 aliphatic heterocycles. The summed E-state index contributed by atoms with van der Waals surface area (Å²) in [5, 5.41) is 3.55. The molecule has 0 radical (unpaired) electrons. The average Bonchev–Trinajstić information content (AvgIpc) is 2.04. The first-order valence-electron chi connectivity index (χ1n) is 5.64. The van der Waals surface area contributed by atoms with Crippen molar-refractivity contribution < 1.29 is 0 Å². The molecule has 0 aromatic rings. The highest BCUT2D eigenvalue weighted by Gasteiger charge is 2.25. The number of hydrogen-bond acceptors (Lipinski definition) is 2. The quantitative estimate of drug-likeness (QED) is 0.720. The highest BCUT2D eigenvalue weighted by atomic mass is 15.2. The molecule has 1 fully saturated rings. The molecule has 0 amide bonds. The molecule has 1 saturated heterocycles. The van der Waals surface area contributed by atoms with Gasteiger partial charge in [-0.1, -0.05) is 6.92 Å². The minimum absolute atomic E-state index is 0.706. The van der Waals surface area contributed by atoms with Crippen LogP contribution in [0, 0.1) is 0 Å². The van der Waals surface area contributed by atoms with E-state index < -0.39 is 0 Å². The molecule has 1 aliphatic rings. The van der Waals surface area contributed by atoms with Crippen LogP contribution < -0.4 is 5.32 Å². The molecule has 0 saturated carbocycles. The van der Waals surface area contributed by atoms with Gasteiger partial charge in [0.25, 0.3) is 0 Å². The Morgan fingerprint density at radius 2 is 2.15 bits per heavy atom. The molecule has 0 bridgehead atoms. The molecule has 2 nitrogen and oxygen atoms in total. The van der Waals surface area contributed by atoms with E-state index in [4.69, 9.17) is 0 Å². The maximum atomic E-state index is 3.55. The second kappa shape index (κ2) is 4.97. The first-order chi connectivity index (χ1) is 6.15. The second-order valence-electron chi connectivity index (χ2n) is 4.46. The van der Waals surface area contributed by atoms with Crippen LogP contribution in [0.3, 0.4) is 0 Å². The fraction of sp³-hybridized carbons (Fsp3) is 1.00. The monoisotopic (exact) mass is 184 g/mol. The Morgan fingerprint density at radius 3 is 2.62 bits per heavy atom. The number of likely N-dealkylation sites (tertiary alicyclic amines) is 1. The molecule has 2 atom stereocenters. The molecule has 0 aromatic carbocycles. The summed E-state index contributed by atoms with van der Waals surface area (Å²) in [6.45, 7) is 11.5. The number of nitrogens with zero attached hydrogens (tertiary/aromatic N) is 1. The minimum atomic E-state index is 0.706. The molecular weight excluding hydrogens is 160 g/mol. The normalized spacial score (nSPS) is 31.2. The van der Waals surface area contributed by atoms with E-state index in [1.54, 1.807) is 0 Å². The summed E-state index contributed by atoms with van der Waals surface area (Å²) < 4.78 is 0. The third-order valence-corrected chi connectivity index (χ3v) is 3.08. The van der Waals surface area contributed by atoms with Gasteiger partial charge in [0, 0.05) is 24.7 Å². The molecule has 78 valence electrons. The zero-order valence-electron chi connectivity index (χ0n) is 9.51. The smallest absolute Gasteiger partial charge is 0.00939 e. The van der Waals surface area contributed by atoms with Crippen LogP contribution in [0.15, 0.2) is 0 Å². The Hall–Kier alpha value is -0.0800. The topological polar surface area (TPSA) is 15.3 Å². The van der Waals surface area contributed by atoms with Crippen LogP contribution in [-0.2, 0) is 0 Å². The SMILES string of the molecule is CCNC1CCN(C(C)C)C(C)C1. The molecule has 0 aromatic heterocycles. The van der Waals surface area contributed by atoms with Gasteiger partial charge in [-0.3, -0.25) is 4.90 Å². The fourth-order valence-electron chi connectivity index (χ4n) is 2.43. The first-order valence-corrected chi connectivity index (χ1v) is 5.64. The van der Waals surface area contributed by atoms with Gasteiger partial charge in [-0.05, 0) is 40.2 Å².